The molecule has 156 valence electrons. The SMILES string of the molecule is O=C1CN2c3c(cc(F)cc3C3CN(CCCc4cccc5c4OCC5)CCC32)N1. The summed E-state index contributed by atoms with van der Waals surface area (Å²) in [5.74, 6) is 1.07. The van der Waals surface area contributed by atoms with Gasteiger partial charge in [0, 0.05) is 31.5 Å². The lowest BCUT2D eigenvalue weighted by atomic mass is 9.88. The van der Waals surface area contributed by atoms with E-state index in [2.05, 4.69) is 33.3 Å². The van der Waals surface area contributed by atoms with Crippen LogP contribution in [0.3, 0.4) is 0 Å². The van der Waals surface area contributed by atoms with Gasteiger partial charge in [-0.3, -0.25) is 4.79 Å². The molecule has 1 amide bonds. The first kappa shape index (κ1) is 18.2. The molecule has 2 unspecified atom stereocenters. The lowest BCUT2D eigenvalue weighted by molar-refractivity contribution is -0.115. The van der Waals surface area contributed by atoms with Gasteiger partial charge in [-0.2, -0.15) is 0 Å². The van der Waals surface area contributed by atoms with Crippen LogP contribution in [0.1, 0.15) is 35.4 Å². The number of hydrogen-bond donors (Lipinski definition) is 1. The molecule has 1 saturated heterocycles. The number of halogens is 1. The number of para-hydroxylation sites is 1. The topological polar surface area (TPSA) is 44.8 Å². The van der Waals surface area contributed by atoms with Crippen molar-refractivity contribution in [2.24, 2.45) is 0 Å². The zero-order chi connectivity index (χ0) is 20.2. The molecule has 4 aliphatic heterocycles. The van der Waals surface area contributed by atoms with Crippen molar-refractivity contribution in [1.82, 2.24) is 4.90 Å². The van der Waals surface area contributed by atoms with Gasteiger partial charge in [0.25, 0.3) is 0 Å². The molecule has 30 heavy (non-hydrogen) atoms. The molecular weight excluding hydrogens is 381 g/mol. The molecule has 0 bridgehead atoms. The number of anilines is 2. The minimum absolute atomic E-state index is 0.0419. The second kappa shape index (κ2) is 6.98. The van der Waals surface area contributed by atoms with Crippen molar-refractivity contribution in [3.8, 4) is 5.75 Å². The summed E-state index contributed by atoms with van der Waals surface area (Å²) in [7, 11) is 0. The maximum absolute atomic E-state index is 14.2. The first-order valence-corrected chi connectivity index (χ1v) is 11.0. The fraction of sp³-hybridized carbons (Fsp3) is 0.458. The molecular formula is C24H26FN3O2. The molecule has 2 atom stereocenters. The Morgan fingerprint density at radius 3 is 3.13 bits per heavy atom. The maximum Gasteiger partial charge on any atom is 0.243 e. The lowest BCUT2D eigenvalue weighted by Crippen LogP contribution is -2.49. The number of piperidine rings is 1. The lowest BCUT2D eigenvalue weighted by Gasteiger charge is -2.39. The predicted molar refractivity (Wildman–Crippen MR) is 114 cm³/mol. The number of nitrogens with one attached hydrogen (secondary N) is 1. The van der Waals surface area contributed by atoms with E-state index < -0.39 is 0 Å². The molecule has 0 radical (unpaired) electrons. The number of hydrogen-bond acceptors (Lipinski definition) is 4. The Morgan fingerprint density at radius 1 is 1.27 bits per heavy atom. The molecule has 1 N–H and O–H groups in total. The maximum atomic E-state index is 14.2. The average Bonchev–Trinajstić information content (AvgIpc) is 3.32. The van der Waals surface area contributed by atoms with Crippen LogP contribution in [0.4, 0.5) is 15.8 Å². The van der Waals surface area contributed by atoms with Gasteiger partial charge in [0.05, 0.1) is 24.5 Å². The largest absolute Gasteiger partial charge is 0.493 e. The van der Waals surface area contributed by atoms with Crippen LogP contribution in [0.15, 0.2) is 30.3 Å². The second-order valence-electron chi connectivity index (χ2n) is 8.94. The van der Waals surface area contributed by atoms with Crippen LogP contribution in [0, 0.1) is 5.82 Å². The van der Waals surface area contributed by atoms with E-state index in [1.165, 1.54) is 17.2 Å². The summed E-state index contributed by atoms with van der Waals surface area (Å²) in [6, 6.07) is 9.93. The number of nitrogens with zero attached hydrogens (tertiary/aromatic N) is 2. The summed E-state index contributed by atoms with van der Waals surface area (Å²) in [5, 5.41) is 2.86. The van der Waals surface area contributed by atoms with Crippen molar-refractivity contribution < 1.29 is 13.9 Å². The number of likely N-dealkylation sites (tertiary alicyclic amines) is 1. The van der Waals surface area contributed by atoms with Gasteiger partial charge in [-0.1, -0.05) is 18.2 Å². The summed E-state index contributed by atoms with van der Waals surface area (Å²) in [4.78, 5) is 16.9. The molecule has 0 aromatic heterocycles. The first-order valence-electron chi connectivity index (χ1n) is 11.0. The molecule has 0 saturated carbocycles. The van der Waals surface area contributed by atoms with Gasteiger partial charge >= 0.3 is 0 Å². The minimum Gasteiger partial charge on any atom is -0.493 e. The van der Waals surface area contributed by atoms with Crippen LogP contribution < -0.4 is 15.0 Å². The minimum atomic E-state index is -0.262. The summed E-state index contributed by atoms with van der Waals surface area (Å²) >= 11 is 0. The zero-order valence-electron chi connectivity index (χ0n) is 17.0. The standard InChI is InChI=1S/C24H26FN3O2/c25-17-11-18-19-13-27(8-2-5-15-3-1-4-16-7-10-30-24(15)16)9-6-21(19)28-14-22(29)26-20(12-17)23(18)28/h1,3-4,11-12,19,21H,2,5-10,13-14H2,(H,26,29). The van der Waals surface area contributed by atoms with Crippen LogP contribution in [-0.2, 0) is 17.6 Å². The number of fused-ring (bicyclic) bond motifs is 4. The summed E-state index contributed by atoms with van der Waals surface area (Å²) in [6.45, 7) is 4.16. The van der Waals surface area contributed by atoms with Crippen LogP contribution >= 0.6 is 0 Å². The van der Waals surface area contributed by atoms with Crippen molar-refractivity contribution in [3.05, 3.63) is 52.8 Å². The van der Waals surface area contributed by atoms with Crippen LogP contribution in [-0.4, -0.2) is 49.6 Å². The number of carbonyl (C=O) groups excluding carboxylic acids is 1. The Morgan fingerprint density at radius 2 is 2.20 bits per heavy atom. The van der Waals surface area contributed by atoms with Crippen LogP contribution in [0.2, 0.25) is 0 Å². The molecule has 6 heteroatoms. The Kier molecular flexibility index (Phi) is 4.23. The quantitative estimate of drug-likeness (QED) is 0.845. The van der Waals surface area contributed by atoms with Gasteiger partial charge in [-0.05, 0) is 54.6 Å². The van der Waals surface area contributed by atoms with E-state index in [-0.39, 0.29) is 17.6 Å². The number of amides is 1. The summed E-state index contributed by atoms with van der Waals surface area (Å²) in [5.41, 5.74) is 5.40. The van der Waals surface area contributed by atoms with Crippen molar-refractivity contribution in [1.29, 1.82) is 0 Å². The highest BCUT2D eigenvalue weighted by Gasteiger charge is 2.45. The first-order chi connectivity index (χ1) is 14.7. The van der Waals surface area contributed by atoms with E-state index >= 15 is 0 Å². The Labute approximate surface area is 175 Å². The van der Waals surface area contributed by atoms with E-state index in [1.807, 2.05) is 0 Å². The average molecular weight is 407 g/mol. The number of carbonyl (C=O) groups is 1. The second-order valence-corrected chi connectivity index (χ2v) is 8.94. The van der Waals surface area contributed by atoms with Crippen LogP contribution in [0.5, 0.6) is 5.75 Å². The molecule has 2 aromatic rings. The van der Waals surface area contributed by atoms with Crippen LogP contribution in [0.25, 0.3) is 0 Å². The molecule has 0 aliphatic carbocycles. The molecule has 2 aromatic carbocycles. The molecule has 4 aliphatic rings. The van der Waals surface area contributed by atoms with E-state index in [0.29, 0.717) is 18.3 Å². The summed E-state index contributed by atoms with van der Waals surface area (Å²) < 4.78 is 20.1. The zero-order valence-corrected chi connectivity index (χ0v) is 17.0. The smallest absolute Gasteiger partial charge is 0.243 e. The normalized spacial score (nSPS) is 24.2. The van der Waals surface area contributed by atoms with E-state index in [9.17, 15) is 9.18 Å². The Bertz CT molecular complexity index is 1020. The highest BCUT2D eigenvalue weighted by Crippen LogP contribution is 2.49. The number of rotatable bonds is 4. The third kappa shape index (κ3) is 2.88. The molecule has 4 heterocycles. The van der Waals surface area contributed by atoms with Gasteiger partial charge in [0.1, 0.15) is 11.6 Å². The molecule has 5 nitrogen and oxygen atoms in total. The molecule has 0 spiro atoms. The van der Waals surface area contributed by atoms with Gasteiger partial charge in [-0.25, -0.2) is 4.39 Å². The number of benzene rings is 2. The highest BCUT2D eigenvalue weighted by molar-refractivity contribution is 6.03. The fourth-order valence-corrected chi connectivity index (χ4v) is 5.89. The van der Waals surface area contributed by atoms with Gasteiger partial charge in [-0.15, -0.1) is 0 Å². The third-order valence-electron chi connectivity index (χ3n) is 7.16. The van der Waals surface area contributed by atoms with Gasteiger partial charge < -0.3 is 19.9 Å². The van der Waals surface area contributed by atoms with Crippen molar-refractivity contribution in [3.63, 3.8) is 0 Å². The van der Waals surface area contributed by atoms with Crippen molar-refractivity contribution >= 4 is 17.3 Å². The van der Waals surface area contributed by atoms with E-state index in [1.54, 1.807) is 6.07 Å². The van der Waals surface area contributed by atoms with E-state index in [4.69, 9.17) is 4.74 Å². The monoisotopic (exact) mass is 407 g/mol. The highest BCUT2D eigenvalue weighted by atomic mass is 19.1. The Hall–Kier alpha value is -2.60. The molecule has 1 fully saturated rings. The number of ether oxygens (including phenoxy) is 1. The number of aryl methyl sites for hydroxylation is 1. The summed E-state index contributed by atoms with van der Waals surface area (Å²) in [6.07, 6.45) is 4.14. The fourth-order valence-electron chi connectivity index (χ4n) is 5.89. The van der Waals surface area contributed by atoms with Gasteiger partial charge in [0.15, 0.2) is 0 Å². The third-order valence-corrected chi connectivity index (χ3v) is 7.16. The molecule has 6 rings (SSSR count). The van der Waals surface area contributed by atoms with Crippen molar-refractivity contribution in [2.75, 3.05) is 43.0 Å². The predicted octanol–water partition coefficient (Wildman–Crippen LogP) is 3.32. The van der Waals surface area contributed by atoms with Crippen molar-refractivity contribution in [2.45, 2.75) is 37.6 Å². The van der Waals surface area contributed by atoms with Gasteiger partial charge in [0.2, 0.25) is 5.91 Å². The van der Waals surface area contributed by atoms with E-state index in [0.717, 1.165) is 68.9 Å². The Balaban J connectivity index is 1.16.